The van der Waals surface area contributed by atoms with Crippen LogP contribution in [0.4, 0.5) is 0 Å². The highest BCUT2D eigenvalue weighted by Crippen LogP contribution is 2.24. The van der Waals surface area contributed by atoms with Gasteiger partial charge in [0, 0.05) is 4.47 Å². The first kappa shape index (κ1) is 10.7. The SMILES string of the molecule is Clc1ccc(Cc2ccccc2)cc1Br. The van der Waals surface area contributed by atoms with Crippen LogP contribution in [-0.2, 0) is 6.42 Å². The number of benzene rings is 2. The Balaban J connectivity index is 2.22. The molecule has 15 heavy (non-hydrogen) atoms. The third-order valence-corrected chi connectivity index (χ3v) is 3.45. The molecule has 0 saturated carbocycles. The van der Waals surface area contributed by atoms with Crippen molar-refractivity contribution in [1.82, 2.24) is 0 Å². The van der Waals surface area contributed by atoms with Crippen LogP contribution in [0, 0.1) is 0 Å². The van der Waals surface area contributed by atoms with Gasteiger partial charge in [0.15, 0.2) is 0 Å². The Morgan fingerprint density at radius 2 is 1.67 bits per heavy atom. The maximum atomic E-state index is 5.94. The summed E-state index contributed by atoms with van der Waals surface area (Å²) in [5.41, 5.74) is 2.57. The van der Waals surface area contributed by atoms with Gasteiger partial charge in [-0.15, -0.1) is 0 Å². The monoisotopic (exact) mass is 280 g/mol. The first-order valence-corrected chi connectivity index (χ1v) is 5.90. The third kappa shape index (κ3) is 2.83. The molecule has 0 aliphatic rings. The van der Waals surface area contributed by atoms with Gasteiger partial charge in [-0.05, 0) is 45.6 Å². The average molecular weight is 282 g/mol. The molecule has 0 unspecified atom stereocenters. The third-order valence-electron chi connectivity index (χ3n) is 2.24. The summed E-state index contributed by atoms with van der Waals surface area (Å²) in [5.74, 6) is 0. The molecule has 0 radical (unpaired) electrons. The van der Waals surface area contributed by atoms with Crippen LogP contribution in [0.2, 0.25) is 5.02 Å². The second kappa shape index (κ2) is 4.82. The van der Waals surface area contributed by atoms with E-state index >= 15 is 0 Å². The molecule has 0 N–H and O–H groups in total. The molecule has 0 amide bonds. The molecular weight excluding hydrogens is 271 g/mol. The lowest BCUT2D eigenvalue weighted by Crippen LogP contribution is -1.87. The van der Waals surface area contributed by atoms with Crippen molar-refractivity contribution in [3.8, 4) is 0 Å². The Morgan fingerprint density at radius 1 is 0.933 bits per heavy atom. The van der Waals surface area contributed by atoms with Crippen molar-refractivity contribution in [3.63, 3.8) is 0 Å². The number of hydrogen-bond donors (Lipinski definition) is 0. The van der Waals surface area contributed by atoms with E-state index in [1.54, 1.807) is 0 Å². The molecule has 0 nitrogen and oxygen atoms in total. The molecule has 0 aliphatic heterocycles. The topological polar surface area (TPSA) is 0 Å². The fourth-order valence-corrected chi connectivity index (χ4v) is 2.02. The summed E-state index contributed by atoms with van der Waals surface area (Å²) in [7, 11) is 0. The van der Waals surface area contributed by atoms with Gasteiger partial charge in [0.05, 0.1) is 5.02 Å². The van der Waals surface area contributed by atoms with E-state index in [-0.39, 0.29) is 0 Å². The predicted molar refractivity (Wildman–Crippen MR) is 68.4 cm³/mol. The van der Waals surface area contributed by atoms with E-state index in [0.717, 1.165) is 15.9 Å². The summed E-state index contributed by atoms with van der Waals surface area (Å²) in [6.07, 6.45) is 0.941. The summed E-state index contributed by atoms with van der Waals surface area (Å²) in [6, 6.07) is 16.4. The maximum Gasteiger partial charge on any atom is 0.0548 e. The van der Waals surface area contributed by atoms with E-state index in [1.165, 1.54) is 11.1 Å². The Morgan fingerprint density at radius 3 is 2.33 bits per heavy atom. The van der Waals surface area contributed by atoms with Gasteiger partial charge in [-0.25, -0.2) is 0 Å². The predicted octanol–water partition coefficient (Wildman–Crippen LogP) is 4.69. The minimum absolute atomic E-state index is 0.756. The first-order valence-electron chi connectivity index (χ1n) is 4.73. The standard InChI is InChI=1S/C13H10BrCl/c14-12-9-11(6-7-13(12)15)8-10-4-2-1-3-5-10/h1-7,9H,8H2. The minimum Gasteiger partial charge on any atom is -0.0831 e. The molecule has 0 bridgehead atoms. The van der Waals surface area contributed by atoms with Crippen molar-refractivity contribution < 1.29 is 0 Å². The molecule has 0 spiro atoms. The molecule has 0 aliphatic carbocycles. The fourth-order valence-electron chi connectivity index (χ4n) is 1.48. The van der Waals surface area contributed by atoms with Crippen LogP contribution < -0.4 is 0 Å². The van der Waals surface area contributed by atoms with Crippen molar-refractivity contribution in [2.75, 3.05) is 0 Å². The molecular formula is C13H10BrCl. The van der Waals surface area contributed by atoms with Crippen LogP contribution in [0.5, 0.6) is 0 Å². The van der Waals surface area contributed by atoms with Gasteiger partial charge in [-0.3, -0.25) is 0 Å². The van der Waals surface area contributed by atoms with Crippen molar-refractivity contribution >= 4 is 27.5 Å². The van der Waals surface area contributed by atoms with Crippen LogP contribution in [0.15, 0.2) is 53.0 Å². The van der Waals surface area contributed by atoms with E-state index in [0.29, 0.717) is 0 Å². The Bertz CT molecular complexity index is 451. The fraction of sp³-hybridized carbons (Fsp3) is 0.0769. The number of halogens is 2. The van der Waals surface area contributed by atoms with Crippen molar-refractivity contribution in [1.29, 1.82) is 0 Å². The van der Waals surface area contributed by atoms with E-state index in [1.807, 2.05) is 12.1 Å². The lowest BCUT2D eigenvalue weighted by atomic mass is 10.1. The van der Waals surface area contributed by atoms with Crippen molar-refractivity contribution in [2.24, 2.45) is 0 Å². The zero-order valence-electron chi connectivity index (χ0n) is 8.08. The van der Waals surface area contributed by atoms with E-state index < -0.39 is 0 Å². The van der Waals surface area contributed by atoms with E-state index in [4.69, 9.17) is 11.6 Å². The first-order chi connectivity index (χ1) is 7.25. The summed E-state index contributed by atoms with van der Waals surface area (Å²) in [6.45, 7) is 0. The van der Waals surface area contributed by atoms with E-state index in [2.05, 4.69) is 52.3 Å². The molecule has 0 fully saturated rings. The lowest BCUT2D eigenvalue weighted by Gasteiger charge is -2.03. The maximum absolute atomic E-state index is 5.94. The highest BCUT2D eigenvalue weighted by molar-refractivity contribution is 9.10. The molecule has 0 aromatic heterocycles. The van der Waals surface area contributed by atoms with Crippen LogP contribution in [0.25, 0.3) is 0 Å². The van der Waals surface area contributed by atoms with E-state index in [9.17, 15) is 0 Å². The molecule has 2 rings (SSSR count). The number of rotatable bonds is 2. The number of hydrogen-bond acceptors (Lipinski definition) is 0. The van der Waals surface area contributed by atoms with Crippen molar-refractivity contribution in [2.45, 2.75) is 6.42 Å². The van der Waals surface area contributed by atoms with Gasteiger partial charge in [0.1, 0.15) is 0 Å². The molecule has 0 saturated heterocycles. The molecule has 0 atom stereocenters. The van der Waals surface area contributed by atoms with Gasteiger partial charge >= 0.3 is 0 Å². The van der Waals surface area contributed by atoms with Gasteiger partial charge in [-0.1, -0.05) is 48.0 Å². The highest BCUT2D eigenvalue weighted by Gasteiger charge is 1.99. The van der Waals surface area contributed by atoms with Crippen molar-refractivity contribution in [3.05, 3.63) is 69.2 Å². The average Bonchev–Trinajstić information content (AvgIpc) is 2.25. The van der Waals surface area contributed by atoms with Crippen LogP contribution in [0.3, 0.4) is 0 Å². The van der Waals surface area contributed by atoms with Gasteiger partial charge in [0.25, 0.3) is 0 Å². The van der Waals surface area contributed by atoms with Gasteiger partial charge < -0.3 is 0 Å². The lowest BCUT2D eigenvalue weighted by molar-refractivity contribution is 1.19. The Labute approximate surface area is 103 Å². The summed E-state index contributed by atoms with van der Waals surface area (Å²) in [4.78, 5) is 0. The summed E-state index contributed by atoms with van der Waals surface area (Å²) >= 11 is 9.36. The van der Waals surface area contributed by atoms with Gasteiger partial charge in [0.2, 0.25) is 0 Å². The Kier molecular flexibility index (Phi) is 3.45. The van der Waals surface area contributed by atoms with Gasteiger partial charge in [-0.2, -0.15) is 0 Å². The smallest absolute Gasteiger partial charge is 0.0548 e. The zero-order valence-corrected chi connectivity index (χ0v) is 10.4. The molecule has 2 aromatic carbocycles. The molecule has 76 valence electrons. The molecule has 0 heterocycles. The second-order valence-corrected chi connectivity index (χ2v) is 4.67. The largest absolute Gasteiger partial charge is 0.0831 e. The van der Waals surface area contributed by atoms with Crippen LogP contribution in [-0.4, -0.2) is 0 Å². The molecule has 2 heteroatoms. The minimum atomic E-state index is 0.756. The normalized spacial score (nSPS) is 10.3. The summed E-state index contributed by atoms with van der Waals surface area (Å²) < 4.78 is 0.956. The highest BCUT2D eigenvalue weighted by atomic mass is 79.9. The quantitative estimate of drug-likeness (QED) is 0.749. The van der Waals surface area contributed by atoms with Crippen LogP contribution in [0.1, 0.15) is 11.1 Å². The van der Waals surface area contributed by atoms with Crippen LogP contribution >= 0.6 is 27.5 Å². The zero-order chi connectivity index (χ0) is 10.7. The second-order valence-electron chi connectivity index (χ2n) is 3.41. The summed E-state index contributed by atoms with van der Waals surface area (Å²) in [5, 5.41) is 0.756. The Hall–Kier alpha value is -0.790. The molecule has 2 aromatic rings.